The standard InChI is InChI=1S/C17H14N2O2S2/c1-10-7-14(17(20)21-10)23-16-12-8-13(11-5-3-2-4-6-11)22-15(12)18-9-19-16/h2-6,8-10,14H,7H2,1H3. The zero-order valence-electron chi connectivity index (χ0n) is 12.4. The van der Waals surface area contributed by atoms with Gasteiger partial charge >= 0.3 is 5.97 Å². The number of carbonyl (C=O) groups is 1. The Kier molecular flexibility index (Phi) is 3.79. The normalized spacial score (nSPS) is 20.8. The summed E-state index contributed by atoms with van der Waals surface area (Å²) in [5, 5.41) is 1.68. The number of rotatable bonds is 3. The zero-order valence-corrected chi connectivity index (χ0v) is 14.1. The first-order valence-corrected chi connectivity index (χ1v) is 9.07. The predicted molar refractivity (Wildman–Crippen MR) is 92.7 cm³/mol. The molecule has 0 radical (unpaired) electrons. The van der Waals surface area contributed by atoms with Gasteiger partial charge in [0, 0.05) is 16.7 Å². The Morgan fingerprint density at radius 1 is 1.26 bits per heavy atom. The summed E-state index contributed by atoms with van der Waals surface area (Å²) in [6.07, 6.45) is 2.28. The summed E-state index contributed by atoms with van der Waals surface area (Å²) in [5.41, 5.74) is 1.17. The molecule has 23 heavy (non-hydrogen) atoms. The summed E-state index contributed by atoms with van der Waals surface area (Å²) in [4.78, 5) is 22.7. The van der Waals surface area contributed by atoms with Gasteiger partial charge in [0.1, 0.15) is 27.5 Å². The van der Waals surface area contributed by atoms with Gasteiger partial charge in [0.05, 0.1) is 0 Å². The van der Waals surface area contributed by atoms with E-state index in [1.807, 2.05) is 25.1 Å². The molecule has 1 fully saturated rings. The molecule has 2 aromatic heterocycles. The largest absolute Gasteiger partial charge is 0.462 e. The molecule has 1 aromatic carbocycles. The summed E-state index contributed by atoms with van der Waals surface area (Å²) in [6, 6.07) is 12.3. The molecule has 0 bridgehead atoms. The van der Waals surface area contributed by atoms with Crippen LogP contribution in [0.15, 0.2) is 47.8 Å². The van der Waals surface area contributed by atoms with Crippen LogP contribution >= 0.6 is 23.1 Å². The maximum atomic E-state index is 11.9. The fourth-order valence-corrected chi connectivity index (χ4v) is 4.87. The first kappa shape index (κ1) is 14.7. The Bertz CT molecular complexity index is 863. The van der Waals surface area contributed by atoms with Gasteiger partial charge in [-0.2, -0.15) is 0 Å². The van der Waals surface area contributed by atoms with Crippen molar-refractivity contribution < 1.29 is 9.53 Å². The van der Waals surface area contributed by atoms with Crippen molar-refractivity contribution in [3.8, 4) is 10.4 Å². The van der Waals surface area contributed by atoms with Gasteiger partial charge in [-0.3, -0.25) is 4.79 Å². The minimum Gasteiger partial charge on any atom is -0.462 e. The van der Waals surface area contributed by atoms with E-state index in [9.17, 15) is 4.79 Å². The summed E-state index contributed by atoms with van der Waals surface area (Å²) >= 11 is 3.13. The second-order valence-corrected chi connectivity index (χ2v) is 7.69. The molecule has 1 aliphatic heterocycles. The fraction of sp³-hybridized carbons (Fsp3) is 0.235. The molecule has 3 aromatic rings. The van der Waals surface area contributed by atoms with E-state index in [1.165, 1.54) is 17.3 Å². The van der Waals surface area contributed by atoms with Gasteiger partial charge in [-0.1, -0.05) is 42.1 Å². The van der Waals surface area contributed by atoms with E-state index in [2.05, 4.69) is 28.2 Å². The molecule has 0 N–H and O–H groups in total. The minimum absolute atomic E-state index is 0.0142. The molecule has 4 rings (SSSR count). The SMILES string of the molecule is CC1CC(Sc2ncnc3sc(-c4ccccc4)cc23)C(=O)O1. The number of ether oxygens (including phenoxy) is 1. The van der Waals surface area contributed by atoms with Gasteiger partial charge in [-0.05, 0) is 18.6 Å². The van der Waals surface area contributed by atoms with E-state index >= 15 is 0 Å². The maximum absolute atomic E-state index is 11.9. The van der Waals surface area contributed by atoms with Crippen molar-refractivity contribution in [3.05, 3.63) is 42.7 Å². The summed E-state index contributed by atoms with van der Waals surface area (Å²) < 4.78 is 5.23. The van der Waals surface area contributed by atoms with E-state index in [1.54, 1.807) is 17.7 Å². The van der Waals surface area contributed by atoms with Crippen LogP contribution in [0, 0.1) is 0 Å². The second-order valence-electron chi connectivity index (χ2n) is 5.46. The lowest BCUT2D eigenvalue weighted by atomic mass is 10.2. The highest BCUT2D eigenvalue weighted by molar-refractivity contribution is 8.00. The lowest BCUT2D eigenvalue weighted by molar-refractivity contribution is -0.140. The Hall–Kier alpha value is -1.92. The van der Waals surface area contributed by atoms with Gasteiger partial charge in [-0.15, -0.1) is 11.3 Å². The molecule has 1 aliphatic rings. The van der Waals surface area contributed by atoms with Gasteiger partial charge in [-0.25, -0.2) is 9.97 Å². The number of thiophene rings is 1. The lowest BCUT2D eigenvalue weighted by Crippen LogP contribution is -2.09. The monoisotopic (exact) mass is 342 g/mol. The van der Waals surface area contributed by atoms with Crippen molar-refractivity contribution in [2.75, 3.05) is 0 Å². The molecule has 0 aliphatic carbocycles. The third-order valence-corrected chi connectivity index (χ3v) is 6.04. The number of aromatic nitrogens is 2. The van der Waals surface area contributed by atoms with Crippen LogP contribution < -0.4 is 0 Å². The Labute approximate surface area is 141 Å². The average Bonchev–Trinajstić information content (AvgIpc) is 3.12. The number of hydrogen-bond acceptors (Lipinski definition) is 6. The van der Waals surface area contributed by atoms with Crippen LogP contribution in [0.25, 0.3) is 20.7 Å². The first-order valence-electron chi connectivity index (χ1n) is 7.38. The van der Waals surface area contributed by atoms with Crippen LogP contribution in [0.5, 0.6) is 0 Å². The predicted octanol–water partition coefficient (Wildman–Crippen LogP) is 4.15. The quantitative estimate of drug-likeness (QED) is 0.528. The zero-order chi connectivity index (χ0) is 15.8. The Morgan fingerprint density at radius 2 is 2.09 bits per heavy atom. The first-order chi connectivity index (χ1) is 11.2. The number of carbonyl (C=O) groups excluding carboxylic acids is 1. The molecule has 0 spiro atoms. The Morgan fingerprint density at radius 3 is 2.83 bits per heavy atom. The van der Waals surface area contributed by atoms with Crippen molar-refractivity contribution in [1.29, 1.82) is 0 Å². The number of fused-ring (bicyclic) bond motifs is 1. The molecular formula is C17H14N2O2S2. The highest BCUT2D eigenvalue weighted by Gasteiger charge is 2.33. The van der Waals surface area contributed by atoms with Crippen LogP contribution in [0.1, 0.15) is 13.3 Å². The third kappa shape index (κ3) is 2.84. The van der Waals surface area contributed by atoms with Crippen LogP contribution in [-0.4, -0.2) is 27.3 Å². The number of hydrogen-bond donors (Lipinski definition) is 0. The molecule has 3 heterocycles. The molecule has 6 heteroatoms. The van der Waals surface area contributed by atoms with Gasteiger partial charge in [0.25, 0.3) is 0 Å². The van der Waals surface area contributed by atoms with E-state index in [0.717, 1.165) is 26.5 Å². The number of cyclic esters (lactones) is 1. The van der Waals surface area contributed by atoms with Gasteiger partial charge in [0.15, 0.2) is 0 Å². The van der Waals surface area contributed by atoms with Crippen molar-refractivity contribution in [2.24, 2.45) is 0 Å². The summed E-state index contributed by atoms with van der Waals surface area (Å²) in [7, 11) is 0. The molecule has 0 amide bonds. The topological polar surface area (TPSA) is 52.1 Å². The Balaban J connectivity index is 1.71. The van der Waals surface area contributed by atoms with Crippen LogP contribution in [0.3, 0.4) is 0 Å². The molecular weight excluding hydrogens is 328 g/mol. The average molecular weight is 342 g/mol. The van der Waals surface area contributed by atoms with E-state index in [4.69, 9.17) is 4.74 Å². The van der Waals surface area contributed by atoms with E-state index < -0.39 is 0 Å². The lowest BCUT2D eigenvalue weighted by Gasteiger charge is -2.04. The highest BCUT2D eigenvalue weighted by atomic mass is 32.2. The van der Waals surface area contributed by atoms with Crippen LogP contribution in [-0.2, 0) is 9.53 Å². The molecule has 4 nitrogen and oxygen atoms in total. The van der Waals surface area contributed by atoms with Gasteiger partial charge < -0.3 is 4.74 Å². The number of benzene rings is 1. The number of nitrogens with zero attached hydrogens (tertiary/aromatic N) is 2. The fourth-order valence-electron chi connectivity index (χ4n) is 2.62. The van der Waals surface area contributed by atoms with Crippen LogP contribution in [0.4, 0.5) is 0 Å². The van der Waals surface area contributed by atoms with Crippen molar-refractivity contribution >= 4 is 39.3 Å². The van der Waals surface area contributed by atoms with Crippen molar-refractivity contribution in [1.82, 2.24) is 9.97 Å². The number of thioether (sulfide) groups is 1. The van der Waals surface area contributed by atoms with E-state index in [0.29, 0.717) is 0 Å². The smallest absolute Gasteiger partial charge is 0.319 e. The second kappa shape index (κ2) is 5.94. The summed E-state index contributed by atoms with van der Waals surface area (Å²) in [5.74, 6) is -0.146. The molecule has 1 saturated heterocycles. The molecule has 0 saturated carbocycles. The van der Waals surface area contributed by atoms with E-state index in [-0.39, 0.29) is 17.3 Å². The van der Waals surface area contributed by atoms with Crippen LogP contribution in [0.2, 0.25) is 0 Å². The summed E-state index contributed by atoms with van der Waals surface area (Å²) in [6.45, 7) is 1.92. The van der Waals surface area contributed by atoms with Gasteiger partial charge in [0.2, 0.25) is 0 Å². The minimum atomic E-state index is -0.178. The molecule has 2 atom stereocenters. The van der Waals surface area contributed by atoms with Crippen molar-refractivity contribution in [3.63, 3.8) is 0 Å². The molecule has 116 valence electrons. The molecule has 2 unspecified atom stereocenters. The number of esters is 1. The van der Waals surface area contributed by atoms with Crippen molar-refractivity contribution in [2.45, 2.75) is 29.7 Å². The third-order valence-electron chi connectivity index (χ3n) is 3.73. The maximum Gasteiger partial charge on any atom is 0.319 e. The highest BCUT2D eigenvalue weighted by Crippen LogP contribution is 2.39.